The number of hydrogen-bond acceptors (Lipinski definition) is 8. The fourth-order valence-electron chi connectivity index (χ4n) is 9.20. The molecule has 4 aliphatic rings. The van der Waals surface area contributed by atoms with Gasteiger partial charge in [0, 0.05) is 18.4 Å². The maximum Gasteiger partial charge on any atom is 0.110 e. The normalized spacial score (nSPS) is 55.8. The van der Waals surface area contributed by atoms with Crippen molar-refractivity contribution in [3.05, 3.63) is 12.2 Å². The molecule has 35 heavy (non-hydrogen) atoms. The van der Waals surface area contributed by atoms with Gasteiger partial charge in [0.2, 0.25) is 0 Å². The average Bonchev–Trinajstić information content (AvgIpc) is 3.00. The van der Waals surface area contributed by atoms with E-state index < -0.39 is 70.8 Å². The van der Waals surface area contributed by atoms with E-state index in [1.807, 2.05) is 39.8 Å². The molecule has 0 radical (unpaired) electrons. The molecule has 0 heterocycles. The van der Waals surface area contributed by atoms with Crippen LogP contribution in [0.2, 0.25) is 0 Å². The predicted molar refractivity (Wildman–Crippen MR) is 129 cm³/mol. The zero-order valence-electron chi connectivity index (χ0n) is 21.4. The van der Waals surface area contributed by atoms with Crippen molar-refractivity contribution in [1.29, 1.82) is 0 Å². The third kappa shape index (κ3) is 3.78. The molecule has 4 fully saturated rings. The van der Waals surface area contributed by atoms with Crippen molar-refractivity contribution < 1.29 is 40.9 Å². The van der Waals surface area contributed by atoms with E-state index in [0.717, 1.165) is 0 Å². The first-order valence-corrected chi connectivity index (χ1v) is 13.3. The van der Waals surface area contributed by atoms with Gasteiger partial charge in [0.05, 0.1) is 30.5 Å². The minimum absolute atomic E-state index is 0.0867. The summed E-state index contributed by atoms with van der Waals surface area (Å²) in [5, 5.41) is 87.9. The first-order valence-electron chi connectivity index (χ1n) is 13.3. The van der Waals surface area contributed by atoms with Gasteiger partial charge < -0.3 is 40.9 Å². The van der Waals surface area contributed by atoms with Crippen molar-refractivity contribution in [3.63, 3.8) is 0 Å². The lowest BCUT2D eigenvalue weighted by atomic mass is 9.40. The van der Waals surface area contributed by atoms with Crippen LogP contribution < -0.4 is 0 Å². The van der Waals surface area contributed by atoms with Gasteiger partial charge in [0.25, 0.3) is 0 Å². The largest absolute Gasteiger partial charge is 0.396 e. The SMILES string of the molecule is C[C@H](CO)C/C=C/[C@@H](C)[C@H]1[C@@H](O)[C@@H](O)C2[C@@]3(O)C(CC[C@@]21C)[C@@]1(C)CC[C@H](O)[C@H](O)C1[C@H](O)[C@H]3O. The number of fused-ring (bicyclic) bond motifs is 5. The molecule has 4 saturated carbocycles. The third-order valence-corrected chi connectivity index (χ3v) is 10.9. The molecule has 0 aromatic rings. The summed E-state index contributed by atoms with van der Waals surface area (Å²) < 4.78 is 0. The van der Waals surface area contributed by atoms with E-state index >= 15 is 0 Å². The minimum Gasteiger partial charge on any atom is -0.396 e. The molecule has 0 aromatic carbocycles. The van der Waals surface area contributed by atoms with Crippen LogP contribution in [0, 0.1) is 46.3 Å². The van der Waals surface area contributed by atoms with Crippen LogP contribution in [0.25, 0.3) is 0 Å². The number of aliphatic hydroxyl groups is 8. The zero-order valence-corrected chi connectivity index (χ0v) is 21.4. The lowest BCUT2D eigenvalue weighted by molar-refractivity contribution is -0.322. The van der Waals surface area contributed by atoms with Crippen LogP contribution in [0.5, 0.6) is 0 Å². The smallest absolute Gasteiger partial charge is 0.110 e. The first-order chi connectivity index (χ1) is 16.3. The number of hydrogen-bond donors (Lipinski definition) is 8. The molecule has 0 aliphatic heterocycles. The average molecular weight is 499 g/mol. The van der Waals surface area contributed by atoms with Crippen molar-refractivity contribution in [2.75, 3.05) is 6.61 Å². The minimum atomic E-state index is -1.86. The maximum atomic E-state index is 12.3. The van der Waals surface area contributed by atoms with Gasteiger partial charge >= 0.3 is 0 Å². The number of allylic oxidation sites excluding steroid dienone is 2. The standard InChI is InChI=1S/C27H46O8/c1-13(12-28)6-5-7-14(2)17-20(31)22(33)23-26(17,4)11-9-16-25(3)10-8-15(29)19(30)18(25)21(32)24(34)27(16,23)35/h5,7,13-24,28-35H,6,8-12H2,1-4H3/b7-5+/t13-,14+,15-,16?,17-,18?,19-,20+,21-,22+,23?,24+,25+,26+,27-/m0/s1. The lowest BCUT2D eigenvalue weighted by Crippen LogP contribution is -2.76. The molecule has 0 spiro atoms. The Hall–Kier alpha value is -0.580. The zero-order chi connectivity index (χ0) is 26.1. The summed E-state index contributed by atoms with van der Waals surface area (Å²) in [5.41, 5.74) is -3.31. The predicted octanol–water partition coefficient (Wildman–Crippen LogP) is 0.186. The molecule has 202 valence electrons. The summed E-state index contributed by atoms with van der Waals surface area (Å²) in [6.45, 7) is 7.88. The first kappa shape index (κ1) is 27.5. The maximum absolute atomic E-state index is 12.3. The molecule has 4 rings (SSSR count). The lowest BCUT2D eigenvalue weighted by Gasteiger charge is -2.67. The van der Waals surface area contributed by atoms with Gasteiger partial charge in [-0.2, -0.15) is 0 Å². The summed E-state index contributed by atoms with van der Waals surface area (Å²) in [6, 6.07) is 0. The molecule has 8 N–H and O–H groups in total. The van der Waals surface area contributed by atoms with Gasteiger partial charge in [-0.15, -0.1) is 0 Å². The summed E-state index contributed by atoms with van der Waals surface area (Å²) in [4.78, 5) is 0. The van der Waals surface area contributed by atoms with Gasteiger partial charge in [-0.05, 0) is 66.6 Å². The van der Waals surface area contributed by atoms with E-state index in [2.05, 4.69) is 0 Å². The molecule has 8 nitrogen and oxygen atoms in total. The molecule has 0 amide bonds. The Balaban J connectivity index is 1.71. The van der Waals surface area contributed by atoms with Crippen molar-refractivity contribution in [2.24, 2.45) is 46.3 Å². The van der Waals surface area contributed by atoms with Crippen LogP contribution in [-0.2, 0) is 0 Å². The van der Waals surface area contributed by atoms with E-state index in [4.69, 9.17) is 0 Å². The highest BCUT2D eigenvalue weighted by Gasteiger charge is 2.76. The third-order valence-electron chi connectivity index (χ3n) is 10.9. The van der Waals surface area contributed by atoms with E-state index in [9.17, 15) is 40.9 Å². The summed E-state index contributed by atoms with van der Waals surface area (Å²) in [5.74, 6) is -2.56. The Bertz CT molecular complexity index is 806. The van der Waals surface area contributed by atoms with E-state index in [0.29, 0.717) is 32.1 Å². The van der Waals surface area contributed by atoms with Crippen molar-refractivity contribution in [1.82, 2.24) is 0 Å². The summed E-state index contributed by atoms with van der Waals surface area (Å²) in [7, 11) is 0. The van der Waals surface area contributed by atoms with E-state index in [1.54, 1.807) is 0 Å². The van der Waals surface area contributed by atoms with Crippen molar-refractivity contribution in [3.8, 4) is 0 Å². The molecule has 0 aromatic heterocycles. The monoisotopic (exact) mass is 498 g/mol. The van der Waals surface area contributed by atoms with Gasteiger partial charge in [0.1, 0.15) is 11.7 Å². The molecule has 15 atom stereocenters. The Morgan fingerprint density at radius 2 is 1.49 bits per heavy atom. The molecule has 0 saturated heterocycles. The van der Waals surface area contributed by atoms with Crippen LogP contribution >= 0.6 is 0 Å². The molecular weight excluding hydrogens is 452 g/mol. The second-order valence-electron chi connectivity index (χ2n) is 12.8. The van der Waals surface area contributed by atoms with Crippen LogP contribution in [0.1, 0.15) is 59.8 Å². The Morgan fingerprint density at radius 3 is 2.11 bits per heavy atom. The number of rotatable bonds is 5. The molecular formula is C27H46O8. The van der Waals surface area contributed by atoms with Gasteiger partial charge in [-0.1, -0.05) is 39.8 Å². The Labute approximate surface area is 208 Å². The van der Waals surface area contributed by atoms with Crippen molar-refractivity contribution in [2.45, 2.75) is 102 Å². The summed E-state index contributed by atoms with van der Waals surface area (Å²) in [6.07, 6.45) is -1.13. The Kier molecular flexibility index (Phi) is 7.30. The second kappa shape index (κ2) is 9.31. The van der Waals surface area contributed by atoms with Gasteiger partial charge in [0.15, 0.2) is 0 Å². The molecule has 3 unspecified atom stereocenters. The Morgan fingerprint density at radius 1 is 0.857 bits per heavy atom. The second-order valence-corrected chi connectivity index (χ2v) is 12.8. The van der Waals surface area contributed by atoms with Crippen LogP contribution in [0.15, 0.2) is 12.2 Å². The topological polar surface area (TPSA) is 162 Å². The molecule has 4 aliphatic carbocycles. The fourth-order valence-corrected chi connectivity index (χ4v) is 9.20. The van der Waals surface area contributed by atoms with Crippen LogP contribution in [-0.4, -0.2) is 89.7 Å². The van der Waals surface area contributed by atoms with E-state index in [1.165, 1.54) is 0 Å². The molecule has 0 bridgehead atoms. The van der Waals surface area contributed by atoms with Gasteiger partial charge in [-0.3, -0.25) is 0 Å². The van der Waals surface area contributed by atoms with Crippen LogP contribution in [0.3, 0.4) is 0 Å². The van der Waals surface area contributed by atoms with Gasteiger partial charge in [-0.25, -0.2) is 0 Å². The summed E-state index contributed by atoms with van der Waals surface area (Å²) >= 11 is 0. The highest BCUT2D eigenvalue weighted by atomic mass is 16.4. The fraction of sp³-hybridized carbons (Fsp3) is 0.926. The number of aliphatic hydroxyl groups excluding tert-OH is 7. The molecule has 8 heteroatoms. The highest BCUT2D eigenvalue weighted by molar-refractivity contribution is 5.25. The van der Waals surface area contributed by atoms with Crippen molar-refractivity contribution >= 4 is 0 Å². The quantitative estimate of drug-likeness (QED) is 0.249. The van der Waals surface area contributed by atoms with E-state index in [-0.39, 0.29) is 24.4 Å². The van der Waals surface area contributed by atoms with Crippen LogP contribution in [0.4, 0.5) is 0 Å². The highest BCUT2D eigenvalue weighted by Crippen LogP contribution is 2.69.